The Morgan fingerprint density at radius 1 is 0.970 bits per heavy atom. The van der Waals surface area contributed by atoms with Gasteiger partial charge in [-0.2, -0.15) is 4.98 Å². The number of ether oxygens (including phenoxy) is 2. The summed E-state index contributed by atoms with van der Waals surface area (Å²) in [6.45, 7) is 5.67. The highest BCUT2D eigenvalue weighted by atomic mass is 19.1. The summed E-state index contributed by atoms with van der Waals surface area (Å²) >= 11 is 0. The van der Waals surface area contributed by atoms with E-state index >= 15 is 0 Å². The molecule has 0 radical (unpaired) electrons. The number of nitrogens with zero attached hydrogens (tertiary/aromatic N) is 3. The van der Waals surface area contributed by atoms with Crippen molar-refractivity contribution in [1.29, 1.82) is 0 Å². The van der Waals surface area contributed by atoms with E-state index in [2.05, 4.69) is 22.1 Å². The largest absolute Gasteiger partial charge is 0.493 e. The maximum atomic E-state index is 12.6. The van der Waals surface area contributed by atoms with Gasteiger partial charge >= 0.3 is 0 Å². The van der Waals surface area contributed by atoms with Crippen molar-refractivity contribution in [3.8, 4) is 22.6 Å². The Morgan fingerprint density at radius 3 is 2.15 bits per heavy atom. The van der Waals surface area contributed by atoms with Gasteiger partial charge in [0.05, 0.1) is 18.8 Å². The van der Waals surface area contributed by atoms with Gasteiger partial charge in [0.15, 0.2) is 0 Å². The molecule has 0 amide bonds. The van der Waals surface area contributed by atoms with Crippen molar-refractivity contribution in [1.82, 2.24) is 14.9 Å². The van der Waals surface area contributed by atoms with Crippen LogP contribution in [0.2, 0.25) is 0 Å². The standard InChI is InChI=1S/C25H32FN5O2/c1-4-32-21-13-18(12-20-15-29-25(28)30-24(20)27)14-22(33-5-2)23(21)19-8-6-17(7-9-19)16-31(3)11-10-26/h6-9,13-15H,4-5,10-12,16H2,1-3H3,(H4,27,28,29,30). The smallest absolute Gasteiger partial charge is 0.221 e. The lowest BCUT2D eigenvalue weighted by molar-refractivity contribution is 0.289. The molecule has 7 nitrogen and oxygen atoms in total. The molecule has 176 valence electrons. The summed E-state index contributed by atoms with van der Waals surface area (Å²) in [5.74, 6) is 1.97. The number of aromatic nitrogens is 2. The first-order chi connectivity index (χ1) is 15.9. The van der Waals surface area contributed by atoms with E-state index in [1.807, 2.05) is 50.1 Å². The molecular weight excluding hydrogens is 421 g/mol. The molecule has 0 atom stereocenters. The van der Waals surface area contributed by atoms with Gasteiger partial charge in [-0.15, -0.1) is 0 Å². The molecule has 0 aliphatic heterocycles. The molecular formula is C25H32FN5O2. The summed E-state index contributed by atoms with van der Waals surface area (Å²) < 4.78 is 24.6. The first-order valence-corrected chi connectivity index (χ1v) is 11.1. The molecule has 0 saturated heterocycles. The van der Waals surface area contributed by atoms with Crippen LogP contribution in [0.4, 0.5) is 16.2 Å². The summed E-state index contributed by atoms with van der Waals surface area (Å²) in [7, 11) is 1.91. The number of nitrogens with two attached hydrogens (primary N) is 2. The predicted molar refractivity (Wildman–Crippen MR) is 130 cm³/mol. The quantitative estimate of drug-likeness (QED) is 0.451. The number of hydrogen-bond acceptors (Lipinski definition) is 7. The molecule has 0 aliphatic rings. The van der Waals surface area contributed by atoms with Gasteiger partial charge < -0.3 is 20.9 Å². The Kier molecular flexibility index (Phi) is 8.43. The summed E-state index contributed by atoms with van der Waals surface area (Å²) in [6, 6.07) is 12.2. The molecule has 4 N–H and O–H groups in total. The number of nitrogen functional groups attached to an aromatic ring is 2. The lowest BCUT2D eigenvalue weighted by Crippen LogP contribution is -2.20. The molecule has 0 bridgehead atoms. The second-order valence-electron chi connectivity index (χ2n) is 7.77. The van der Waals surface area contributed by atoms with Gasteiger partial charge in [-0.1, -0.05) is 24.3 Å². The van der Waals surface area contributed by atoms with Crippen LogP contribution in [0.3, 0.4) is 0 Å². The number of rotatable bonds is 11. The monoisotopic (exact) mass is 453 g/mol. The van der Waals surface area contributed by atoms with Crippen molar-refractivity contribution in [3.63, 3.8) is 0 Å². The predicted octanol–water partition coefficient (Wildman–Crippen LogP) is 4.10. The number of halogens is 1. The zero-order valence-electron chi connectivity index (χ0n) is 19.5. The van der Waals surface area contributed by atoms with E-state index in [9.17, 15) is 4.39 Å². The Morgan fingerprint density at radius 2 is 1.61 bits per heavy atom. The van der Waals surface area contributed by atoms with Gasteiger partial charge in [-0.25, -0.2) is 9.37 Å². The van der Waals surface area contributed by atoms with E-state index in [0.717, 1.165) is 39.3 Å². The van der Waals surface area contributed by atoms with Crippen LogP contribution in [0, 0.1) is 0 Å². The van der Waals surface area contributed by atoms with Crippen LogP contribution in [0.1, 0.15) is 30.5 Å². The molecule has 1 heterocycles. The van der Waals surface area contributed by atoms with Crippen LogP contribution in [0.15, 0.2) is 42.6 Å². The van der Waals surface area contributed by atoms with Gasteiger partial charge in [0, 0.05) is 31.3 Å². The molecule has 0 fully saturated rings. The summed E-state index contributed by atoms with van der Waals surface area (Å²) in [5, 5.41) is 0. The minimum atomic E-state index is -0.357. The third-order valence-corrected chi connectivity index (χ3v) is 5.20. The molecule has 3 aromatic rings. The van der Waals surface area contributed by atoms with Crippen LogP contribution in [0.25, 0.3) is 11.1 Å². The van der Waals surface area contributed by atoms with E-state index in [-0.39, 0.29) is 12.6 Å². The highest BCUT2D eigenvalue weighted by Crippen LogP contribution is 2.40. The van der Waals surface area contributed by atoms with Crippen molar-refractivity contribution in [2.75, 3.05) is 44.9 Å². The van der Waals surface area contributed by atoms with Gasteiger partial charge in [0.1, 0.15) is 24.0 Å². The molecule has 3 rings (SSSR count). The van der Waals surface area contributed by atoms with Crippen molar-refractivity contribution in [3.05, 3.63) is 59.3 Å². The molecule has 8 heteroatoms. The van der Waals surface area contributed by atoms with Crippen molar-refractivity contribution in [2.45, 2.75) is 26.8 Å². The lowest BCUT2D eigenvalue weighted by Gasteiger charge is -2.19. The molecule has 2 aromatic carbocycles. The minimum Gasteiger partial charge on any atom is -0.493 e. The average Bonchev–Trinajstić information content (AvgIpc) is 2.77. The van der Waals surface area contributed by atoms with E-state index in [4.69, 9.17) is 20.9 Å². The fourth-order valence-corrected chi connectivity index (χ4v) is 3.67. The van der Waals surface area contributed by atoms with Gasteiger partial charge in [-0.3, -0.25) is 4.90 Å². The van der Waals surface area contributed by atoms with Gasteiger partial charge in [0.25, 0.3) is 0 Å². The number of benzene rings is 2. The van der Waals surface area contributed by atoms with E-state index in [0.29, 0.717) is 38.5 Å². The summed E-state index contributed by atoms with van der Waals surface area (Å²) in [5.41, 5.74) is 16.4. The Bertz CT molecular complexity index is 1030. The van der Waals surface area contributed by atoms with Crippen LogP contribution in [0.5, 0.6) is 11.5 Å². The molecule has 0 saturated carbocycles. The molecule has 0 spiro atoms. The minimum absolute atomic E-state index is 0.149. The van der Waals surface area contributed by atoms with Crippen LogP contribution in [-0.2, 0) is 13.0 Å². The van der Waals surface area contributed by atoms with Crippen molar-refractivity contribution in [2.24, 2.45) is 0 Å². The highest BCUT2D eigenvalue weighted by molar-refractivity contribution is 5.78. The zero-order valence-corrected chi connectivity index (χ0v) is 19.5. The molecule has 0 aliphatic carbocycles. The molecule has 1 aromatic heterocycles. The Balaban J connectivity index is 1.98. The zero-order chi connectivity index (χ0) is 23.8. The van der Waals surface area contributed by atoms with Crippen molar-refractivity contribution < 1.29 is 13.9 Å². The summed E-state index contributed by atoms with van der Waals surface area (Å²) in [6.07, 6.45) is 2.16. The first-order valence-electron chi connectivity index (χ1n) is 11.1. The van der Waals surface area contributed by atoms with Crippen LogP contribution >= 0.6 is 0 Å². The number of hydrogen-bond donors (Lipinski definition) is 2. The SMILES string of the molecule is CCOc1cc(Cc2cnc(N)nc2N)cc(OCC)c1-c1ccc(CN(C)CCF)cc1. The lowest BCUT2D eigenvalue weighted by atomic mass is 9.97. The second-order valence-corrected chi connectivity index (χ2v) is 7.77. The second kappa shape index (κ2) is 11.5. The molecule has 0 unspecified atom stereocenters. The van der Waals surface area contributed by atoms with Crippen LogP contribution in [-0.4, -0.2) is 48.3 Å². The van der Waals surface area contributed by atoms with Gasteiger partial charge in [-0.05, 0) is 49.7 Å². The summed E-state index contributed by atoms with van der Waals surface area (Å²) in [4.78, 5) is 10.1. The van der Waals surface area contributed by atoms with Crippen LogP contribution < -0.4 is 20.9 Å². The van der Waals surface area contributed by atoms with E-state index in [1.165, 1.54) is 0 Å². The van der Waals surface area contributed by atoms with Crippen molar-refractivity contribution >= 4 is 11.8 Å². The fraction of sp³-hybridized carbons (Fsp3) is 0.360. The average molecular weight is 454 g/mol. The topological polar surface area (TPSA) is 99.5 Å². The fourth-order valence-electron chi connectivity index (χ4n) is 3.67. The maximum absolute atomic E-state index is 12.6. The van der Waals surface area contributed by atoms with E-state index in [1.54, 1.807) is 6.20 Å². The third kappa shape index (κ3) is 6.32. The first kappa shape index (κ1) is 24.3. The Labute approximate surface area is 194 Å². The maximum Gasteiger partial charge on any atom is 0.221 e. The number of anilines is 2. The normalized spacial score (nSPS) is 11.1. The highest BCUT2D eigenvalue weighted by Gasteiger charge is 2.17. The Hall–Kier alpha value is -3.39. The van der Waals surface area contributed by atoms with Gasteiger partial charge in [0.2, 0.25) is 5.95 Å². The molecule has 33 heavy (non-hydrogen) atoms. The third-order valence-electron chi connectivity index (χ3n) is 5.20. The number of alkyl halides is 1. The van der Waals surface area contributed by atoms with E-state index < -0.39 is 0 Å².